The van der Waals surface area contributed by atoms with E-state index in [0.717, 1.165) is 11.1 Å². The number of fused-ring (bicyclic) bond motifs is 3. The van der Waals surface area contributed by atoms with E-state index in [1.807, 2.05) is 24.3 Å². The smallest absolute Gasteiger partial charge is 0.407 e. The molecule has 2 aromatic rings. The van der Waals surface area contributed by atoms with Crippen molar-refractivity contribution in [1.82, 2.24) is 10.6 Å². The summed E-state index contributed by atoms with van der Waals surface area (Å²) in [5, 5.41) is 14.8. The summed E-state index contributed by atoms with van der Waals surface area (Å²) in [6, 6.07) is 16.3. The Balaban J connectivity index is 1.12. The molecule has 0 radical (unpaired) electrons. The Hall–Kier alpha value is -3.39. The average molecular weight is 465 g/mol. The highest BCUT2D eigenvalue weighted by Gasteiger charge is 2.50. The molecule has 0 spiro atoms. The second-order valence-corrected chi connectivity index (χ2v) is 9.35. The summed E-state index contributed by atoms with van der Waals surface area (Å²) < 4.78 is 11.1. The maximum absolute atomic E-state index is 12.6. The van der Waals surface area contributed by atoms with E-state index in [2.05, 4.69) is 34.9 Å². The van der Waals surface area contributed by atoms with Crippen LogP contribution in [0.3, 0.4) is 0 Å². The minimum atomic E-state index is -0.881. The highest BCUT2D eigenvalue weighted by Crippen LogP contribution is 2.45. The Morgan fingerprint density at radius 1 is 1.00 bits per heavy atom. The zero-order valence-electron chi connectivity index (χ0n) is 18.8. The van der Waals surface area contributed by atoms with Crippen LogP contribution in [0.4, 0.5) is 4.79 Å². The summed E-state index contributed by atoms with van der Waals surface area (Å²) in [6.07, 6.45) is 0.530. The molecule has 34 heavy (non-hydrogen) atoms. The number of carboxylic acid groups (broad SMARTS) is 1. The van der Waals surface area contributed by atoms with Crippen molar-refractivity contribution in [3.8, 4) is 11.1 Å². The van der Waals surface area contributed by atoms with Crippen LogP contribution in [-0.2, 0) is 19.1 Å². The van der Waals surface area contributed by atoms with Crippen LogP contribution in [0, 0.1) is 11.3 Å². The van der Waals surface area contributed by atoms with E-state index in [1.165, 1.54) is 11.1 Å². The Kier molecular flexibility index (Phi) is 6.00. The molecule has 3 aliphatic rings. The molecule has 2 atom stereocenters. The number of alkyl carbamates (subject to hydrolysis) is 1. The van der Waals surface area contributed by atoms with Crippen LogP contribution in [0.25, 0.3) is 11.1 Å². The number of aliphatic carboxylic acids is 1. The van der Waals surface area contributed by atoms with Crippen molar-refractivity contribution < 1.29 is 29.0 Å². The predicted molar refractivity (Wildman–Crippen MR) is 123 cm³/mol. The van der Waals surface area contributed by atoms with Crippen molar-refractivity contribution in [2.24, 2.45) is 11.3 Å². The van der Waals surface area contributed by atoms with E-state index in [-0.39, 0.29) is 37.4 Å². The number of rotatable bonds is 8. The number of carbonyl (C=O) groups excluding carboxylic acids is 2. The molecule has 0 aromatic heterocycles. The van der Waals surface area contributed by atoms with Gasteiger partial charge in [0.2, 0.25) is 5.91 Å². The molecule has 8 heteroatoms. The lowest BCUT2D eigenvalue weighted by atomic mass is 9.98. The third kappa shape index (κ3) is 4.25. The van der Waals surface area contributed by atoms with Gasteiger partial charge in [-0.1, -0.05) is 48.5 Å². The van der Waals surface area contributed by atoms with Crippen molar-refractivity contribution in [2.45, 2.75) is 31.3 Å². The van der Waals surface area contributed by atoms with Gasteiger partial charge in [-0.05, 0) is 41.5 Å². The van der Waals surface area contributed by atoms with Gasteiger partial charge in [-0.3, -0.25) is 9.59 Å². The van der Waals surface area contributed by atoms with Crippen LogP contribution in [0.5, 0.6) is 0 Å². The molecule has 8 nitrogen and oxygen atoms in total. The molecule has 5 rings (SSSR count). The van der Waals surface area contributed by atoms with Crippen LogP contribution in [0.2, 0.25) is 0 Å². The largest absolute Gasteiger partial charge is 0.481 e. The third-order valence-electron chi connectivity index (χ3n) is 7.23. The van der Waals surface area contributed by atoms with Gasteiger partial charge in [0, 0.05) is 31.5 Å². The second kappa shape index (κ2) is 9.10. The number of benzene rings is 2. The van der Waals surface area contributed by atoms with Crippen LogP contribution in [0.1, 0.15) is 36.3 Å². The Bertz CT molecular complexity index is 1070. The molecule has 1 saturated carbocycles. The normalized spacial score (nSPS) is 21.9. The Morgan fingerprint density at radius 2 is 1.65 bits per heavy atom. The number of carbonyl (C=O) groups is 3. The molecule has 2 unspecified atom stereocenters. The molecule has 1 aliphatic heterocycles. The summed E-state index contributed by atoms with van der Waals surface area (Å²) >= 11 is 0. The summed E-state index contributed by atoms with van der Waals surface area (Å²) in [5.41, 5.74) is 3.79. The van der Waals surface area contributed by atoms with E-state index in [0.29, 0.717) is 25.9 Å². The fraction of sp³-hybridized carbons (Fsp3) is 0.423. The van der Waals surface area contributed by atoms with Crippen molar-refractivity contribution in [2.75, 3.05) is 26.3 Å². The van der Waals surface area contributed by atoms with Crippen molar-refractivity contribution >= 4 is 18.0 Å². The van der Waals surface area contributed by atoms with Crippen LogP contribution in [-0.4, -0.2) is 55.5 Å². The minimum Gasteiger partial charge on any atom is -0.481 e. The van der Waals surface area contributed by atoms with Crippen LogP contribution < -0.4 is 10.6 Å². The first-order chi connectivity index (χ1) is 16.5. The van der Waals surface area contributed by atoms with Gasteiger partial charge in [0.15, 0.2) is 0 Å². The van der Waals surface area contributed by atoms with Crippen LogP contribution in [0.15, 0.2) is 48.5 Å². The fourth-order valence-electron chi connectivity index (χ4n) is 4.97. The van der Waals surface area contributed by atoms with Gasteiger partial charge in [0.25, 0.3) is 0 Å². The van der Waals surface area contributed by atoms with E-state index < -0.39 is 23.6 Å². The van der Waals surface area contributed by atoms with Crippen molar-refractivity contribution in [3.63, 3.8) is 0 Å². The maximum atomic E-state index is 12.6. The van der Waals surface area contributed by atoms with Gasteiger partial charge in [0.05, 0.1) is 5.41 Å². The molecule has 0 bridgehead atoms. The first kappa shape index (κ1) is 22.4. The quantitative estimate of drug-likeness (QED) is 0.554. The summed E-state index contributed by atoms with van der Waals surface area (Å²) in [7, 11) is 0. The van der Waals surface area contributed by atoms with Gasteiger partial charge in [-0.25, -0.2) is 4.79 Å². The lowest BCUT2D eigenvalue weighted by Crippen LogP contribution is -2.44. The number of ether oxygens (including phenoxy) is 2. The van der Waals surface area contributed by atoms with Crippen molar-refractivity contribution in [3.05, 3.63) is 59.7 Å². The van der Waals surface area contributed by atoms with Crippen LogP contribution >= 0.6 is 0 Å². The second-order valence-electron chi connectivity index (χ2n) is 9.35. The minimum absolute atomic E-state index is 0.0181. The molecule has 3 N–H and O–H groups in total. The first-order valence-corrected chi connectivity index (χ1v) is 11.7. The highest BCUT2D eigenvalue weighted by molar-refractivity contribution is 5.84. The monoisotopic (exact) mass is 464 g/mol. The van der Waals surface area contributed by atoms with Gasteiger partial charge in [0.1, 0.15) is 12.7 Å². The zero-order chi connectivity index (χ0) is 23.7. The van der Waals surface area contributed by atoms with Gasteiger partial charge in [-0.15, -0.1) is 0 Å². The molecule has 2 amide bonds. The Labute approximate surface area is 197 Å². The van der Waals surface area contributed by atoms with E-state index in [9.17, 15) is 19.5 Å². The molecule has 2 fully saturated rings. The van der Waals surface area contributed by atoms with Gasteiger partial charge in [-0.2, -0.15) is 0 Å². The number of nitrogens with one attached hydrogen (secondary N) is 2. The summed E-state index contributed by atoms with van der Waals surface area (Å²) in [4.78, 5) is 36.3. The van der Waals surface area contributed by atoms with Gasteiger partial charge < -0.3 is 25.2 Å². The standard InChI is InChI=1S/C26H28N2O6/c29-23(28-15-26(10-11-26)24(30)31)22-16(9-12-33-22)13-27-25(32)34-14-21-19-7-3-1-5-17(19)18-6-2-4-8-20(18)21/h1-8,16,21-22H,9-15H2,(H,27,32)(H,28,29)(H,30,31). The summed E-state index contributed by atoms with van der Waals surface area (Å²) in [6.45, 7) is 0.994. The average Bonchev–Trinajstić information content (AvgIpc) is 3.39. The highest BCUT2D eigenvalue weighted by atomic mass is 16.5. The lowest BCUT2D eigenvalue weighted by Gasteiger charge is -2.20. The van der Waals surface area contributed by atoms with E-state index in [4.69, 9.17) is 9.47 Å². The predicted octanol–water partition coefficient (Wildman–Crippen LogP) is 2.91. The van der Waals surface area contributed by atoms with Gasteiger partial charge >= 0.3 is 12.1 Å². The number of carboxylic acids is 1. The lowest BCUT2D eigenvalue weighted by molar-refractivity contribution is -0.143. The zero-order valence-corrected chi connectivity index (χ0v) is 18.8. The molecule has 1 heterocycles. The van der Waals surface area contributed by atoms with Crippen molar-refractivity contribution in [1.29, 1.82) is 0 Å². The SMILES string of the molecule is O=C(NCC1CCOC1C(=O)NCC1(C(=O)O)CC1)OCC1c2ccccc2-c2ccccc21. The van der Waals surface area contributed by atoms with E-state index in [1.54, 1.807) is 0 Å². The summed E-state index contributed by atoms with van der Waals surface area (Å²) in [5.74, 6) is -1.42. The molecule has 2 aliphatic carbocycles. The first-order valence-electron chi connectivity index (χ1n) is 11.7. The molecular weight excluding hydrogens is 436 g/mol. The number of hydrogen-bond acceptors (Lipinski definition) is 5. The third-order valence-corrected chi connectivity index (χ3v) is 7.23. The molecule has 1 saturated heterocycles. The topological polar surface area (TPSA) is 114 Å². The molecule has 178 valence electrons. The number of amides is 2. The number of hydrogen-bond donors (Lipinski definition) is 3. The fourth-order valence-corrected chi connectivity index (χ4v) is 4.97. The van der Waals surface area contributed by atoms with E-state index >= 15 is 0 Å². The molecule has 2 aromatic carbocycles. The molecular formula is C26H28N2O6. The maximum Gasteiger partial charge on any atom is 0.407 e. The Morgan fingerprint density at radius 3 is 2.26 bits per heavy atom.